The molecule has 2 aromatic rings. The van der Waals surface area contributed by atoms with E-state index in [2.05, 4.69) is 21.2 Å². The maximum atomic E-state index is 13.4. The molecule has 7 nitrogen and oxygen atoms in total. The minimum Gasteiger partial charge on any atom is -0.464 e. The van der Waals surface area contributed by atoms with Gasteiger partial charge in [-0.2, -0.15) is 0 Å². The van der Waals surface area contributed by atoms with Gasteiger partial charge >= 0.3 is 11.9 Å². The van der Waals surface area contributed by atoms with Gasteiger partial charge in [0.15, 0.2) is 5.54 Å². The second kappa shape index (κ2) is 9.34. The van der Waals surface area contributed by atoms with Crippen molar-refractivity contribution in [1.82, 2.24) is 0 Å². The van der Waals surface area contributed by atoms with Crippen LogP contribution in [-0.4, -0.2) is 36.6 Å². The molecule has 8 heteroatoms. The largest absolute Gasteiger partial charge is 0.464 e. The predicted octanol–water partition coefficient (Wildman–Crippen LogP) is 4.25. The Morgan fingerprint density at radius 1 is 1.00 bits per heavy atom. The second-order valence-electron chi connectivity index (χ2n) is 6.88. The van der Waals surface area contributed by atoms with Gasteiger partial charge in [-0.25, -0.2) is 9.59 Å². The summed E-state index contributed by atoms with van der Waals surface area (Å²) in [7, 11) is 0. The van der Waals surface area contributed by atoms with E-state index in [1.54, 1.807) is 69.3 Å². The molecule has 1 aliphatic heterocycles. The van der Waals surface area contributed by atoms with E-state index in [9.17, 15) is 14.4 Å². The lowest BCUT2D eigenvalue weighted by Crippen LogP contribution is -2.52. The lowest BCUT2D eigenvalue weighted by molar-refractivity contribution is -0.147. The third kappa shape index (κ3) is 4.20. The quantitative estimate of drug-likeness (QED) is 0.588. The molecule has 0 aliphatic carbocycles. The number of anilines is 2. The molecule has 0 fully saturated rings. The Kier molecular flexibility index (Phi) is 6.80. The highest BCUT2D eigenvalue weighted by Gasteiger charge is 2.54. The maximum absolute atomic E-state index is 13.4. The first-order valence-electron chi connectivity index (χ1n) is 9.85. The molecular formula is C23H23BrN2O5. The van der Waals surface area contributed by atoms with E-state index in [1.165, 1.54) is 4.90 Å². The van der Waals surface area contributed by atoms with E-state index in [0.29, 0.717) is 21.4 Å². The van der Waals surface area contributed by atoms with Crippen LogP contribution in [0.4, 0.5) is 11.4 Å². The van der Waals surface area contributed by atoms with Crippen LogP contribution < -0.4 is 10.2 Å². The van der Waals surface area contributed by atoms with Gasteiger partial charge in [0, 0.05) is 11.4 Å². The molecule has 0 aromatic heterocycles. The van der Waals surface area contributed by atoms with E-state index in [1.807, 2.05) is 6.07 Å². The Bertz CT molecular complexity index is 1020. The maximum Gasteiger partial charge on any atom is 0.338 e. The summed E-state index contributed by atoms with van der Waals surface area (Å²) in [5, 5.41) is 3.07. The molecule has 1 aliphatic rings. The van der Waals surface area contributed by atoms with Crippen molar-refractivity contribution in [1.29, 1.82) is 0 Å². The highest BCUT2D eigenvalue weighted by Crippen LogP contribution is 2.43. The number of nitrogens with one attached hydrogen (secondary N) is 1. The number of carbonyl (C=O) groups excluding carboxylic acids is 3. The van der Waals surface area contributed by atoms with Crippen molar-refractivity contribution in [3.63, 3.8) is 0 Å². The molecule has 3 rings (SSSR count). The number of nitrogens with zero attached hydrogens (tertiary/aromatic N) is 1. The number of benzene rings is 2. The summed E-state index contributed by atoms with van der Waals surface area (Å²) in [6, 6.07) is 15.5. The third-order valence-electron chi connectivity index (χ3n) is 4.86. The summed E-state index contributed by atoms with van der Waals surface area (Å²) >= 11 is 3.47. The average molecular weight is 487 g/mol. The van der Waals surface area contributed by atoms with Gasteiger partial charge in [-0.3, -0.25) is 9.69 Å². The summed E-state index contributed by atoms with van der Waals surface area (Å²) < 4.78 is 10.6. The lowest BCUT2D eigenvalue weighted by Gasteiger charge is -2.33. The minimum absolute atomic E-state index is 0.184. The van der Waals surface area contributed by atoms with Gasteiger partial charge in [0.2, 0.25) is 0 Å². The topological polar surface area (TPSA) is 84.9 Å². The number of ether oxygens (including phenoxy) is 2. The molecule has 1 N–H and O–H groups in total. The van der Waals surface area contributed by atoms with Crippen LogP contribution >= 0.6 is 15.9 Å². The van der Waals surface area contributed by atoms with Gasteiger partial charge in [-0.05, 0) is 73.1 Å². The predicted molar refractivity (Wildman–Crippen MR) is 121 cm³/mol. The van der Waals surface area contributed by atoms with E-state index in [0.717, 1.165) is 0 Å². The van der Waals surface area contributed by atoms with Crippen LogP contribution in [0, 0.1) is 0 Å². The highest BCUT2D eigenvalue weighted by atomic mass is 79.9. The van der Waals surface area contributed by atoms with E-state index in [4.69, 9.17) is 9.47 Å². The van der Waals surface area contributed by atoms with Crippen LogP contribution in [0.25, 0.3) is 0 Å². The first kappa shape index (κ1) is 22.6. The van der Waals surface area contributed by atoms with Gasteiger partial charge in [-0.15, -0.1) is 0 Å². The van der Waals surface area contributed by atoms with Crippen LogP contribution in [0.2, 0.25) is 0 Å². The van der Waals surface area contributed by atoms with Crippen molar-refractivity contribution in [3.8, 4) is 0 Å². The molecule has 0 spiro atoms. The fourth-order valence-corrected chi connectivity index (χ4v) is 3.92. The molecule has 0 unspecified atom stereocenters. The number of carbonyl (C=O) groups is 3. The number of rotatable bonds is 7. The Hall–Kier alpha value is -3.13. The van der Waals surface area contributed by atoms with Crippen molar-refractivity contribution >= 4 is 45.2 Å². The van der Waals surface area contributed by atoms with Crippen LogP contribution in [-0.2, 0) is 19.1 Å². The van der Waals surface area contributed by atoms with Crippen molar-refractivity contribution < 1.29 is 23.9 Å². The monoisotopic (exact) mass is 486 g/mol. The van der Waals surface area contributed by atoms with Gasteiger partial charge in [0.1, 0.15) is 5.70 Å². The number of amides is 1. The van der Waals surface area contributed by atoms with Crippen molar-refractivity contribution in [3.05, 3.63) is 70.3 Å². The fourth-order valence-electron chi connectivity index (χ4n) is 3.31. The normalized spacial score (nSPS) is 18.2. The molecule has 162 valence electrons. The molecule has 0 bridgehead atoms. The van der Waals surface area contributed by atoms with Crippen LogP contribution in [0.3, 0.4) is 0 Å². The lowest BCUT2D eigenvalue weighted by atomic mass is 10.0. The molecule has 1 amide bonds. The third-order valence-corrected chi connectivity index (χ3v) is 6.03. The van der Waals surface area contributed by atoms with Crippen LogP contribution in [0.15, 0.2) is 64.8 Å². The molecule has 1 atom stereocenters. The number of esters is 2. The van der Waals surface area contributed by atoms with E-state index < -0.39 is 17.5 Å². The smallest absolute Gasteiger partial charge is 0.338 e. The van der Waals surface area contributed by atoms with Gasteiger partial charge in [0.05, 0.1) is 23.3 Å². The van der Waals surface area contributed by atoms with Gasteiger partial charge in [0.25, 0.3) is 5.91 Å². The Labute approximate surface area is 189 Å². The molecule has 31 heavy (non-hydrogen) atoms. The minimum atomic E-state index is -1.37. The summed E-state index contributed by atoms with van der Waals surface area (Å²) in [4.78, 5) is 39.6. The zero-order valence-electron chi connectivity index (χ0n) is 17.5. The molecule has 0 radical (unpaired) electrons. The Morgan fingerprint density at radius 2 is 1.61 bits per heavy atom. The van der Waals surface area contributed by atoms with Crippen molar-refractivity contribution in [2.24, 2.45) is 0 Å². The average Bonchev–Trinajstić information content (AvgIpc) is 2.96. The fraction of sp³-hybridized carbons (Fsp3) is 0.261. The zero-order chi connectivity index (χ0) is 22.6. The number of halogens is 1. The summed E-state index contributed by atoms with van der Waals surface area (Å²) in [5.41, 5.74) is 0.384. The highest BCUT2D eigenvalue weighted by molar-refractivity contribution is 9.11. The van der Waals surface area contributed by atoms with Gasteiger partial charge < -0.3 is 14.8 Å². The molecular weight excluding hydrogens is 464 g/mol. The second-order valence-corrected chi connectivity index (χ2v) is 7.67. The summed E-state index contributed by atoms with van der Waals surface area (Å²) in [5.74, 6) is -1.35. The van der Waals surface area contributed by atoms with Gasteiger partial charge in [-0.1, -0.05) is 18.2 Å². The van der Waals surface area contributed by atoms with Crippen molar-refractivity contribution in [2.45, 2.75) is 26.3 Å². The Morgan fingerprint density at radius 3 is 2.19 bits per heavy atom. The molecule has 0 saturated carbocycles. The standard InChI is InChI=1S/C23H23BrN2O5/c1-4-30-21(28)15-11-13-16(14-12-15)25-18-19(24)23(3,22(29)31-5-2)26(20(18)27)17-9-7-6-8-10-17/h6-14,25H,4-5H2,1-3H3/t23-/m1/s1. The number of hydrogen-bond acceptors (Lipinski definition) is 6. The first-order valence-corrected chi connectivity index (χ1v) is 10.6. The molecule has 2 aromatic carbocycles. The SMILES string of the molecule is CCOC(=O)c1ccc(NC2=C(Br)[C@](C)(C(=O)OCC)N(c3ccccc3)C2=O)cc1. The Balaban J connectivity index is 1.97. The summed E-state index contributed by atoms with van der Waals surface area (Å²) in [6.45, 7) is 5.56. The first-order chi connectivity index (χ1) is 14.8. The van der Waals surface area contributed by atoms with Crippen LogP contribution in [0.1, 0.15) is 31.1 Å². The number of para-hydroxylation sites is 1. The zero-order valence-corrected chi connectivity index (χ0v) is 19.1. The van der Waals surface area contributed by atoms with Crippen LogP contribution in [0.5, 0.6) is 0 Å². The van der Waals surface area contributed by atoms with Crippen molar-refractivity contribution in [2.75, 3.05) is 23.4 Å². The molecule has 1 heterocycles. The number of hydrogen-bond donors (Lipinski definition) is 1. The van der Waals surface area contributed by atoms with E-state index in [-0.39, 0.29) is 24.8 Å². The summed E-state index contributed by atoms with van der Waals surface area (Å²) in [6.07, 6.45) is 0. The molecule has 0 saturated heterocycles. The van der Waals surface area contributed by atoms with E-state index >= 15 is 0 Å².